The number of anilines is 1. The predicted molar refractivity (Wildman–Crippen MR) is 68.6 cm³/mol. The Labute approximate surface area is 114 Å². The summed E-state index contributed by atoms with van der Waals surface area (Å²) in [4.78, 5) is 23.0. The number of ether oxygens (including phenoxy) is 1. The van der Waals surface area contributed by atoms with Gasteiger partial charge in [-0.1, -0.05) is 17.7 Å². The third kappa shape index (κ3) is 4.16. The Bertz CT molecular complexity index is 580. The zero-order valence-electron chi connectivity index (χ0n) is 10.8. The van der Waals surface area contributed by atoms with Crippen LogP contribution in [-0.2, 0) is 20.9 Å². The Hall–Kier alpha value is -2.77. The fourth-order valence-electron chi connectivity index (χ4n) is 1.41. The van der Waals surface area contributed by atoms with E-state index in [-0.39, 0.29) is 13.2 Å². The van der Waals surface area contributed by atoms with Crippen LogP contribution in [0.3, 0.4) is 0 Å². The number of hydrogen-bond acceptors (Lipinski definition) is 6. The Morgan fingerprint density at radius 3 is 2.70 bits per heavy atom. The molecule has 0 saturated heterocycles. The van der Waals surface area contributed by atoms with Gasteiger partial charge >= 0.3 is 5.97 Å². The van der Waals surface area contributed by atoms with Crippen molar-refractivity contribution >= 4 is 17.6 Å². The number of nitrogens with one attached hydrogen (secondary N) is 1. The minimum Gasteiger partial charge on any atom is -0.454 e. The van der Waals surface area contributed by atoms with Gasteiger partial charge in [0.15, 0.2) is 6.61 Å². The second kappa shape index (κ2) is 6.41. The Morgan fingerprint density at radius 2 is 2.05 bits per heavy atom. The van der Waals surface area contributed by atoms with Crippen molar-refractivity contribution in [3.63, 3.8) is 0 Å². The largest absolute Gasteiger partial charge is 0.454 e. The first-order chi connectivity index (χ1) is 9.63. The zero-order valence-corrected chi connectivity index (χ0v) is 10.8. The Morgan fingerprint density at radius 1 is 1.30 bits per heavy atom. The van der Waals surface area contributed by atoms with Crippen molar-refractivity contribution in [3.8, 4) is 0 Å². The molecule has 0 bridgehead atoms. The maximum absolute atomic E-state index is 11.6. The van der Waals surface area contributed by atoms with Crippen LogP contribution in [0.2, 0.25) is 0 Å². The zero-order chi connectivity index (χ0) is 14.4. The average Bonchev–Trinajstić information content (AvgIpc) is 2.92. The normalized spacial score (nSPS) is 10.1. The fraction of sp³-hybridized carbons (Fsp3) is 0.250. The van der Waals surface area contributed by atoms with Crippen molar-refractivity contribution in [2.24, 2.45) is 0 Å². The summed E-state index contributed by atoms with van der Waals surface area (Å²) in [6.07, 6.45) is 1.29. The summed E-state index contributed by atoms with van der Waals surface area (Å²) in [6.45, 7) is 1.46. The predicted octanol–water partition coefficient (Wildman–Crippen LogP) is 0.163. The summed E-state index contributed by atoms with van der Waals surface area (Å²) in [7, 11) is 0. The lowest BCUT2D eigenvalue weighted by molar-refractivity contribution is -0.148. The van der Waals surface area contributed by atoms with E-state index in [1.165, 1.54) is 11.0 Å². The minimum absolute atomic E-state index is 0.134. The average molecular weight is 275 g/mol. The second-order valence-electron chi connectivity index (χ2n) is 4.08. The van der Waals surface area contributed by atoms with Gasteiger partial charge in [0.2, 0.25) is 0 Å². The molecule has 0 fully saturated rings. The number of rotatable bonds is 5. The molecule has 0 saturated carbocycles. The number of esters is 1. The molecule has 1 N–H and O–H groups in total. The number of hydrogen-bond donors (Lipinski definition) is 1. The van der Waals surface area contributed by atoms with Gasteiger partial charge in [0.25, 0.3) is 5.91 Å². The minimum atomic E-state index is -0.587. The number of nitrogens with zero attached hydrogens (tertiary/aromatic N) is 4. The van der Waals surface area contributed by atoms with Gasteiger partial charge in [-0.2, -0.15) is 0 Å². The highest BCUT2D eigenvalue weighted by Gasteiger charge is 2.09. The first-order valence-electron chi connectivity index (χ1n) is 5.86. The van der Waals surface area contributed by atoms with E-state index in [1.54, 1.807) is 12.1 Å². The van der Waals surface area contributed by atoms with Crippen molar-refractivity contribution in [1.29, 1.82) is 0 Å². The molecule has 1 amide bonds. The van der Waals surface area contributed by atoms with Gasteiger partial charge in [0.1, 0.15) is 12.9 Å². The molecule has 2 aromatic rings. The van der Waals surface area contributed by atoms with Crippen LogP contribution in [0.25, 0.3) is 0 Å². The molecule has 20 heavy (non-hydrogen) atoms. The number of carbonyl (C=O) groups is 2. The molecule has 1 heterocycles. The fourth-order valence-corrected chi connectivity index (χ4v) is 1.41. The maximum Gasteiger partial charge on any atom is 0.328 e. The molecule has 0 spiro atoms. The SMILES string of the molecule is Cc1ccc(NC(=O)COC(=O)Cn2cnnn2)cc1. The number of aromatic nitrogens is 4. The Balaban J connectivity index is 1.74. The summed E-state index contributed by atoms with van der Waals surface area (Å²) < 4.78 is 6.01. The number of tetrazole rings is 1. The van der Waals surface area contributed by atoms with E-state index >= 15 is 0 Å². The molecule has 8 nitrogen and oxygen atoms in total. The summed E-state index contributed by atoms with van der Waals surface area (Å²) in [5.41, 5.74) is 1.74. The van der Waals surface area contributed by atoms with Crippen LogP contribution in [-0.4, -0.2) is 38.7 Å². The van der Waals surface area contributed by atoms with Crippen LogP contribution in [0.5, 0.6) is 0 Å². The summed E-state index contributed by atoms with van der Waals surface area (Å²) in [5.74, 6) is -0.990. The number of amides is 1. The molecule has 0 aliphatic rings. The quantitative estimate of drug-likeness (QED) is 0.780. The first kappa shape index (κ1) is 13.7. The van der Waals surface area contributed by atoms with Crippen LogP contribution >= 0.6 is 0 Å². The van der Waals surface area contributed by atoms with Crippen molar-refractivity contribution in [2.75, 3.05) is 11.9 Å². The van der Waals surface area contributed by atoms with Crippen molar-refractivity contribution < 1.29 is 14.3 Å². The lowest BCUT2D eigenvalue weighted by Crippen LogP contribution is -2.23. The standard InChI is InChI=1S/C12H13N5O3/c1-9-2-4-10(5-3-9)14-11(18)7-20-12(19)6-17-8-13-15-16-17/h2-5,8H,6-7H2,1H3,(H,14,18). The van der Waals surface area contributed by atoms with E-state index in [0.29, 0.717) is 5.69 Å². The molecule has 104 valence electrons. The van der Waals surface area contributed by atoms with E-state index in [9.17, 15) is 9.59 Å². The van der Waals surface area contributed by atoms with Gasteiger partial charge in [0.05, 0.1) is 0 Å². The van der Waals surface area contributed by atoms with Crippen LogP contribution in [0.15, 0.2) is 30.6 Å². The van der Waals surface area contributed by atoms with Gasteiger partial charge in [0, 0.05) is 5.69 Å². The molecule has 0 unspecified atom stereocenters. The lowest BCUT2D eigenvalue weighted by Gasteiger charge is -2.06. The number of carbonyl (C=O) groups excluding carboxylic acids is 2. The van der Waals surface area contributed by atoms with Gasteiger partial charge in [-0.05, 0) is 29.5 Å². The summed E-state index contributed by atoms with van der Waals surface area (Å²) in [6, 6.07) is 7.30. The summed E-state index contributed by atoms with van der Waals surface area (Å²) in [5, 5.41) is 12.9. The van der Waals surface area contributed by atoms with E-state index < -0.39 is 11.9 Å². The first-order valence-corrected chi connectivity index (χ1v) is 5.86. The number of aryl methyl sites for hydroxylation is 1. The van der Waals surface area contributed by atoms with E-state index in [4.69, 9.17) is 4.74 Å². The smallest absolute Gasteiger partial charge is 0.328 e. The van der Waals surface area contributed by atoms with E-state index in [0.717, 1.165) is 5.56 Å². The second-order valence-corrected chi connectivity index (χ2v) is 4.08. The van der Waals surface area contributed by atoms with E-state index in [2.05, 4.69) is 20.8 Å². The molecule has 0 aliphatic carbocycles. The molecule has 0 atom stereocenters. The van der Waals surface area contributed by atoms with Crippen LogP contribution in [0, 0.1) is 6.92 Å². The molecule has 2 rings (SSSR count). The highest BCUT2D eigenvalue weighted by atomic mass is 16.5. The van der Waals surface area contributed by atoms with Crippen LogP contribution in [0.1, 0.15) is 5.56 Å². The maximum atomic E-state index is 11.6. The molecule has 8 heteroatoms. The highest BCUT2D eigenvalue weighted by molar-refractivity contribution is 5.92. The third-order valence-electron chi connectivity index (χ3n) is 2.38. The molecular weight excluding hydrogens is 262 g/mol. The Kier molecular flexibility index (Phi) is 4.38. The van der Waals surface area contributed by atoms with Crippen molar-refractivity contribution in [2.45, 2.75) is 13.5 Å². The molecule has 0 aliphatic heterocycles. The molecular formula is C12H13N5O3. The van der Waals surface area contributed by atoms with Crippen LogP contribution < -0.4 is 5.32 Å². The lowest BCUT2D eigenvalue weighted by atomic mass is 10.2. The van der Waals surface area contributed by atoms with E-state index in [1.807, 2.05) is 19.1 Å². The van der Waals surface area contributed by atoms with Crippen molar-refractivity contribution in [3.05, 3.63) is 36.2 Å². The monoisotopic (exact) mass is 275 g/mol. The van der Waals surface area contributed by atoms with Gasteiger partial charge in [-0.15, -0.1) is 5.10 Å². The highest BCUT2D eigenvalue weighted by Crippen LogP contribution is 2.08. The molecule has 0 radical (unpaired) electrons. The van der Waals surface area contributed by atoms with Crippen molar-refractivity contribution in [1.82, 2.24) is 20.2 Å². The van der Waals surface area contributed by atoms with Gasteiger partial charge < -0.3 is 10.1 Å². The topological polar surface area (TPSA) is 99.0 Å². The van der Waals surface area contributed by atoms with Gasteiger partial charge in [-0.25, -0.2) is 4.68 Å². The molecule has 1 aromatic heterocycles. The van der Waals surface area contributed by atoms with Gasteiger partial charge in [-0.3, -0.25) is 9.59 Å². The van der Waals surface area contributed by atoms with Crippen LogP contribution in [0.4, 0.5) is 5.69 Å². The summed E-state index contributed by atoms with van der Waals surface area (Å²) >= 11 is 0. The number of benzene rings is 1. The third-order valence-corrected chi connectivity index (χ3v) is 2.38. The molecule has 1 aromatic carbocycles.